The summed E-state index contributed by atoms with van der Waals surface area (Å²) in [4.78, 5) is 14.9. The molecule has 2 aliphatic carbocycles. The Morgan fingerprint density at radius 2 is 1.92 bits per heavy atom. The summed E-state index contributed by atoms with van der Waals surface area (Å²) in [6.07, 6.45) is 6.69. The van der Waals surface area contributed by atoms with E-state index in [1.807, 2.05) is 11.0 Å². The number of benzene rings is 1. The van der Waals surface area contributed by atoms with Gasteiger partial charge in [0, 0.05) is 19.2 Å². The van der Waals surface area contributed by atoms with Gasteiger partial charge in [-0.1, -0.05) is 24.3 Å². The predicted octanol–water partition coefficient (Wildman–Crippen LogP) is 2.76. The molecule has 0 saturated heterocycles. The van der Waals surface area contributed by atoms with Gasteiger partial charge in [-0.15, -0.1) is 0 Å². The van der Waals surface area contributed by atoms with E-state index in [1.165, 1.54) is 11.1 Å². The first-order valence-electron chi connectivity index (χ1n) is 9.63. The zero-order chi connectivity index (χ0) is 17.6. The summed E-state index contributed by atoms with van der Waals surface area (Å²) in [5, 5.41) is 22.1. The van der Waals surface area contributed by atoms with Crippen LogP contribution in [0.2, 0.25) is 0 Å². The van der Waals surface area contributed by atoms with E-state index in [9.17, 15) is 15.0 Å². The second kappa shape index (κ2) is 8.68. The molecule has 3 rings (SSSR count). The van der Waals surface area contributed by atoms with E-state index in [0.29, 0.717) is 13.0 Å². The maximum Gasteiger partial charge on any atom is 0.318 e. The Balaban J connectivity index is 1.72. The fraction of sp³-hybridized carbons (Fsp3) is 0.650. The number of carbonyl (C=O) groups is 1. The van der Waals surface area contributed by atoms with Crippen molar-refractivity contribution in [2.24, 2.45) is 0 Å². The van der Waals surface area contributed by atoms with Crippen molar-refractivity contribution >= 4 is 6.03 Å². The Kier molecular flexibility index (Phi) is 6.32. The van der Waals surface area contributed by atoms with Crippen molar-refractivity contribution in [1.29, 1.82) is 0 Å². The first-order valence-corrected chi connectivity index (χ1v) is 9.63. The molecule has 0 bridgehead atoms. The van der Waals surface area contributed by atoms with Gasteiger partial charge in [0.05, 0.1) is 12.1 Å². The molecule has 2 aliphatic rings. The average Bonchev–Trinajstić information content (AvgIpc) is 2.64. The van der Waals surface area contributed by atoms with Crippen molar-refractivity contribution in [3.63, 3.8) is 0 Å². The van der Waals surface area contributed by atoms with Crippen molar-refractivity contribution in [2.45, 2.75) is 69.6 Å². The first kappa shape index (κ1) is 18.2. The van der Waals surface area contributed by atoms with Crippen LogP contribution in [0.1, 0.15) is 62.1 Å². The van der Waals surface area contributed by atoms with Crippen molar-refractivity contribution in [3.05, 3.63) is 35.4 Å². The lowest BCUT2D eigenvalue weighted by Gasteiger charge is -2.37. The highest BCUT2D eigenvalue weighted by molar-refractivity contribution is 5.75. The molecule has 25 heavy (non-hydrogen) atoms. The third-order valence-electron chi connectivity index (χ3n) is 5.56. The van der Waals surface area contributed by atoms with Gasteiger partial charge >= 0.3 is 6.03 Å². The van der Waals surface area contributed by atoms with Gasteiger partial charge < -0.3 is 20.4 Å². The topological polar surface area (TPSA) is 72.8 Å². The van der Waals surface area contributed by atoms with Crippen molar-refractivity contribution in [1.82, 2.24) is 10.2 Å². The molecular weight excluding hydrogens is 316 g/mol. The second-order valence-electron chi connectivity index (χ2n) is 7.33. The SMILES string of the molecule is O=C(NC1CCC(O)CC1)N(CCCO)[C@@H]1CCCc2ccccc21. The largest absolute Gasteiger partial charge is 0.396 e. The van der Waals surface area contributed by atoms with Crippen LogP contribution < -0.4 is 5.32 Å². The monoisotopic (exact) mass is 346 g/mol. The summed E-state index contributed by atoms with van der Waals surface area (Å²) in [5.74, 6) is 0. The number of hydrogen-bond acceptors (Lipinski definition) is 3. The fourth-order valence-corrected chi connectivity index (χ4v) is 4.17. The molecule has 1 aromatic rings. The molecule has 0 heterocycles. The highest BCUT2D eigenvalue weighted by atomic mass is 16.3. The van der Waals surface area contributed by atoms with Crippen LogP contribution in [0.3, 0.4) is 0 Å². The lowest BCUT2D eigenvalue weighted by atomic mass is 9.86. The zero-order valence-electron chi connectivity index (χ0n) is 14.9. The fourth-order valence-electron chi connectivity index (χ4n) is 4.17. The van der Waals surface area contributed by atoms with E-state index in [2.05, 4.69) is 23.5 Å². The Hall–Kier alpha value is -1.59. The standard InChI is InChI=1S/C20H30N2O3/c23-14-4-13-22(20(25)21-16-9-11-17(24)12-10-16)19-8-3-6-15-5-1-2-7-18(15)19/h1-2,5,7,16-17,19,23-24H,3-4,6,8-14H2,(H,21,25)/t16?,17?,19-/m1/s1. The number of nitrogens with one attached hydrogen (secondary N) is 1. The molecule has 138 valence electrons. The summed E-state index contributed by atoms with van der Waals surface area (Å²) < 4.78 is 0. The van der Waals surface area contributed by atoms with Gasteiger partial charge in [-0.3, -0.25) is 0 Å². The molecule has 1 fully saturated rings. The van der Waals surface area contributed by atoms with Gasteiger partial charge in [0.25, 0.3) is 0 Å². The third-order valence-corrected chi connectivity index (χ3v) is 5.56. The number of rotatable bonds is 5. The van der Waals surface area contributed by atoms with Crippen LogP contribution in [0.25, 0.3) is 0 Å². The van der Waals surface area contributed by atoms with Crippen molar-refractivity contribution in [2.75, 3.05) is 13.2 Å². The van der Waals surface area contributed by atoms with Gasteiger partial charge in [0.15, 0.2) is 0 Å². The highest BCUT2D eigenvalue weighted by Gasteiger charge is 2.30. The van der Waals surface area contributed by atoms with E-state index in [0.717, 1.165) is 44.9 Å². The molecule has 1 atom stereocenters. The molecule has 5 nitrogen and oxygen atoms in total. The number of nitrogens with zero attached hydrogens (tertiary/aromatic N) is 1. The molecule has 0 unspecified atom stereocenters. The van der Waals surface area contributed by atoms with Crippen LogP contribution in [-0.4, -0.2) is 46.4 Å². The van der Waals surface area contributed by atoms with E-state index in [1.54, 1.807) is 0 Å². The van der Waals surface area contributed by atoms with Gasteiger partial charge in [0.2, 0.25) is 0 Å². The molecule has 3 N–H and O–H groups in total. The minimum atomic E-state index is -0.219. The Labute approximate surface area is 150 Å². The Morgan fingerprint density at radius 3 is 2.68 bits per heavy atom. The number of aliphatic hydroxyl groups is 2. The molecule has 0 aliphatic heterocycles. The van der Waals surface area contributed by atoms with Gasteiger partial charge in [-0.25, -0.2) is 4.79 Å². The molecule has 0 spiro atoms. The van der Waals surface area contributed by atoms with Gasteiger partial charge in [-0.05, 0) is 62.5 Å². The number of fused-ring (bicyclic) bond motifs is 1. The van der Waals surface area contributed by atoms with Crippen LogP contribution in [0.15, 0.2) is 24.3 Å². The van der Waals surface area contributed by atoms with Gasteiger partial charge in [-0.2, -0.15) is 0 Å². The van der Waals surface area contributed by atoms with Crippen LogP contribution >= 0.6 is 0 Å². The molecule has 0 radical (unpaired) electrons. The van der Waals surface area contributed by atoms with Crippen LogP contribution in [-0.2, 0) is 6.42 Å². The van der Waals surface area contributed by atoms with E-state index in [4.69, 9.17) is 0 Å². The number of aliphatic hydroxyl groups excluding tert-OH is 2. The van der Waals surface area contributed by atoms with E-state index >= 15 is 0 Å². The third kappa shape index (κ3) is 4.53. The van der Waals surface area contributed by atoms with Crippen LogP contribution in [0, 0.1) is 0 Å². The quantitative estimate of drug-likeness (QED) is 0.767. The normalized spacial score (nSPS) is 25.9. The molecular formula is C20H30N2O3. The number of urea groups is 1. The lowest BCUT2D eigenvalue weighted by Crippen LogP contribution is -2.48. The minimum absolute atomic E-state index is 0.0310. The first-order chi connectivity index (χ1) is 12.2. The van der Waals surface area contributed by atoms with E-state index < -0.39 is 0 Å². The second-order valence-corrected chi connectivity index (χ2v) is 7.33. The maximum absolute atomic E-state index is 13.0. The Bertz CT molecular complexity index is 570. The number of amides is 2. The van der Waals surface area contributed by atoms with E-state index in [-0.39, 0.29) is 30.8 Å². The summed E-state index contributed by atoms with van der Waals surface area (Å²) in [7, 11) is 0. The van der Waals surface area contributed by atoms with Crippen LogP contribution in [0.5, 0.6) is 0 Å². The predicted molar refractivity (Wildman–Crippen MR) is 97.3 cm³/mol. The molecule has 1 saturated carbocycles. The molecule has 1 aromatic carbocycles. The summed E-state index contributed by atoms with van der Waals surface area (Å²) in [6, 6.07) is 8.60. The smallest absolute Gasteiger partial charge is 0.318 e. The Morgan fingerprint density at radius 1 is 1.16 bits per heavy atom. The number of hydrogen-bond donors (Lipinski definition) is 3. The lowest BCUT2D eigenvalue weighted by molar-refractivity contribution is 0.111. The van der Waals surface area contributed by atoms with Crippen molar-refractivity contribution < 1.29 is 15.0 Å². The average molecular weight is 346 g/mol. The molecule has 2 amide bonds. The number of aryl methyl sites for hydroxylation is 1. The highest BCUT2D eigenvalue weighted by Crippen LogP contribution is 2.34. The summed E-state index contributed by atoms with van der Waals surface area (Å²) in [5.41, 5.74) is 2.59. The van der Waals surface area contributed by atoms with Gasteiger partial charge in [0.1, 0.15) is 0 Å². The summed E-state index contributed by atoms with van der Waals surface area (Å²) >= 11 is 0. The minimum Gasteiger partial charge on any atom is -0.396 e. The summed E-state index contributed by atoms with van der Waals surface area (Å²) in [6.45, 7) is 0.657. The maximum atomic E-state index is 13.0. The number of carbonyl (C=O) groups excluding carboxylic acids is 1. The molecule has 0 aromatic heterocycles. The zero-order valence-corrected chi connectivity index (χ0v) is 14.9. The van der Waals surface area contributed by atoms with Crippen LogP contribution in [0.4, 0.5) is 4.79 Å². The van der Waals surface area contributed by atoms with Crippen molar-refractivity contribution in [3.8, 4) is 0 Å². The molecule has 5 heteroatoms.